The first kappa shape index (κ1) is 17.5. The van der Waals surface area contributed by atoms with Gasteiger partial charge in [-0.1, -0.05) is 35.9 Å². The molecular formula is C21H25NO3. The summed E-state index contributed by atoms with van der Waals surface area (Å²) in [6.45, 7) is 2.85. The number of amides is 1. The van der Waals surface area contributed by atoms with Gasteiger partial charge in [-0.15, -0.1) is 0 Å². The second-order valence-corrected chi connectivity index (χ2v) is 7.02. The number of likely N-dealkylation sites (tertiary alicyclic amines) is 1. The fraction of sp³-hybridized carbons (Fsp3) is 0.429. The Kier molecular flexibility index (Phi) is 5.37. The minimum absolute atomic E-state index is 0.175. The summed E-state index contributed by atoms with van der Waals surface area (Å²) < 4.78 is 0. The molecule has 0 unspecified atom stereocenters. The minimum atomic E-state index is -0.916. The average molecular weight is 339 g/mol. The van der Waals surface area contributed by atoms with Crippen LogP contribution >= 0.6 is 0 Å². The maximum Gasteiger partial charge on any atom is 0.335 e. The highest BCUT2D eigenvalue weighted by Crippen LogP contribution is 2.36. The molecule has 1 saturated heterocycles. The summed E-state index contributed by atoms with van der Waals surface area (Å²) in [5.74, 6) is 0.0699. The van der Waals surface area contributed by atoms with Crippen molar-refractivity contribution < 1.29 is 14.7 Å². The third-order valence-corrected chi connectivity index (χ3v) is 5.13. The molecule has 3 rings (SSSR count). The quantitative estimate of drug-likeness (QED) is 0.768. The van der Waals surface area contributed by atoms with Crippen LogP contribution in [0, 0.1) is 5.92 Å². The van der Waals surface area contributed by atoms with E-state index in [0.717, 1.165) is 24.3 Å². The van der Waals surface area contributed by atoms with Crippen LogP contribution in [0.15, 0.2) is 48.1 Å². The third kappa shape index (κ3) is 4.59. The van der Waals surface area contributed by atoms with E-state index in [4.69, 9.17) is 5.11 Å². The second kappa shape index (κ2) is 7.68. The predicted octanol–water partition coefficient (Wildman–Crippen LogP) is 3.83. The molecule has 0 radical (unpaired) electrons. The molecule has 132 valence electrons. The van der Waals surface area contributed by atoms with Gasteiger partial charge in [-0.2, -0.15) is 0 Å². The number of nitrogens with zero attached hydrogens (tertiary/aromatic N) is 1. The molecular weight excluding hydrogens is 314 g/mol. The van der Waals surface area contributed by atoms with Gasteiger partial charge in [0.25, 0.3) is 0 Å². The molecule has 1 aliphatic carbocycles. The van der Waals surface area contributed by atoms with Crippen molar-refractivity contribution in [3.05, 3.63) is 59.2 Å². The zero-order chi connectivity index (χ0) is 17.8. The number of carboxylic acid groups (broad SMARTS) is 1. The number of carbonyl (C=O) groups excluding carboxylic acids is 1. The van der Waals surface area contributed by atoms with E-state index in [9.17, 15) is 9.59 Å². The van der Waals surface area contributed by atoms with Gasteiger partial charge in [-0.3, -0.25) is 4.79 Å². The Bertz CT molecular complexity index is 698. The Balaban J connectivity index is 1.57. The summed E-state index contributed by atoms with van der Waals surface area (Å²) in [4.78, 5) is 25.0. The SMILES string of the molecule is C/C(=C\C=C/[C@H]1CCC(=O)N1CCc1ccc(C(=O)O)cc1)C1CC1. The molecule has 1 amide bonds. The van der Waals surface area contributed by atoms with Gasteiger partial charge >= 0.3 is 5.97 Å². The lowest BCUT2D eigenvalue weighted by Crippen LogP contribution is -2.33. The van der Waals surface area contributed by atoms with Crippen molar-refractivity contribution in [2.45, 2.75) is 45.1 Å². The smallest absolute Gasteiger partial charge is 0.335 e. The Morgan fingerprint density at radius 3 is 2.60 bits per heavy atom. The lowest BCUT2D eigenvalue weighted by molar-refractivity contribution is -0.128. The highest BCUT2D eigenvalue weighted by Gasteiger charge is 2.28. The fourth-order valence-electron chi connectivity index (χ4n) is 3.32. The monoisotopic (exact) mass is 339 g/mol. The zero-order valence-electron chi connectivity index (χ0n) is 14.6. The Morgan fingerprint density at radius 2 is 1.96 bits per heavy atom. The topological polar surface area (TPSA) is 57.6 Å². The van der Waals surface area contributed by atoms with Crippen LogP contribution in [0.2, 0.25) is 0 Å². The number of benzene rings is 1. The summed E-state index contributed by atoms with van der Waals surface area (Å²) in [7, 11) is 0. The maximum atomic E-state index is 12.2. The molecule has 2 aliphatic rings. The molecule has 1 aromatic rings. The van der Waals surface area contributed by atoms with Crippen molar-refractivity contribution >= 4 is 11.9 Å². The van der Waals surface area contributed by atoms with E-state index in [0.29, 0.717) is 18.5 Å². The normalized spacial score (nSPS) is 21.3. The molecule has 4 heteroatoms. The van der Waals surface area contributed by atoms with E-state index in [1.54, 1.807) is 12.1 Å². The number of hydrogen-bond donors (Lipinski definition) is 1. The van der Waals surface area contributed by atoms with Crippen LogP contribution in [0.1, 0.15) is 48.5 Å². The van der Waals surface area contributed by atoms with Crippen LogP contribution < -0.4 is 0 Å². The lowest BCUT2D eigenvalue weighted by atomic mass is 10.1. The first-order valence-corrected chi connectivity index (χ1v) is 9.01. The van der Waals surface area contributed by atoms with Crippen molar-refractivity contribution in [1.29, 1.82) is 0 Å². The van der Waals surface area contributed by atoms with E-state index >= 15 is 0 Å². The van der Waals surface area contributed by atoms with E-state index in [2.05, 4.69) is 25.2 Å². The van der Waals surface area contributed by atoms with E-state index in [1.165, 1.54) is 18.4 Å². The van der Waals surface area contributed by atoms with Crippen LogP contribution in [-0.2, 0) is 11.2 Å². The number of hydrogen-bond acceptors (Lipinski definition) is 2. The van der Waals surface area contributed by atoms with E-state index in [1.807, 2.05) is 17.0 Å². The molecule has 1 atom stereocenters. The maximum absolute atomic E-state index is 12.2. The lowest BCUT2D eigenvalue weighted by Gasteiger charge is -2.22. The van der Waals surface area contributed by atoms with Crippen LogP contribution in [0.4, 0.5) is 0 Å². The first-order valence-electron chi connectivity index (χ1n) is 9.01. The third-order valence-electron chi connectivity index (χ3n) is 5.13. The molecule has 25 heavy (non-hydrogen) atoms. The van der Waals surface area contributed by atoms with E-state index < -0.39 is 5.97 Å². The largest absolute Gasteiger partial charge is 0.478 e. The number of aromatic carboxylic acids is 1. The number of carboxylic acids is 1. The summed E-state index contributed by atoms with van der Waals surface area (Å²) in [5.41, 5.74) is 2.78. The van der Waals surface area contributed by atoms with Gasteiger partial charge in [0.15, 0.2) is 0 Å². The summed E-state index contributed by atoms with van der Waals surface area (Å²) in [6.07, 6.45) is 11.3. The van der Waals surface area contributed by atoms with Gasteiger partial charge in [0.1, 0.15) is 0 Å². The van der Waals surface area contributed by atoms with Gasteiger partial charge in [0.05, 0.1) is 11.6 Å². The van der Waals surface area contributed by atoms with E-state index in [-0.39, 0.29) is 11.9 Å². The molecule has 0 aromatic heterocycles. The standard InChI is InChI=1S/C21H25NO3/c1-15(17-9-10-17)3-2-4-19-11-12-20(23)22(19)14-13-16-5-7-18(8-6-16)21(24)25/h2-8,17,19H,9-14H2,1H3,(H,24,25)/b4-2-,15-3+/t19-/m0/s1. The number of rotatable bonds is 7. The first-order chi connectivity index (χ1) is 12.0. The molecule has 1 heterocycles. The Morgan fingerprint density at radius 1 is 1.24 bits per heavy atom. The van der Waals surface area contributed by atoms with Crippen LogP contribution in [0.5, 0.6) is 0 Å². The Hall–Kier alpha value is -2.36. The van der Waals surface area contributed by atoms with Crippen molar-refractivity contribution in [1.82, 2.24) is 4.90 Å². The van der Waals surface area contributed by atoms with Crippen LogP contribution in [0.3, 0.4) is 0 Å². The fourth-order valence-corrected chi connectivity index (χ4v) is 3.32. The van der Waals surface area contributed by atoms with Gasteiger partial charge in [0.2, 0.25) is 5.91 Å². The molecule has 1 N–H and O–H groups in total. The summed E-state index contributed by atoms with van der Waals surface area (Å²) >= 11 is 0. The number of allylic oxidation sites excluding steroid dienone is 3. The van der Waals surface area contributed by atoms with Crippen LogP contribution in [0.25, 0.3) is 0 Å². The van der Waals surface area contributed by atoms with Crippen molar-refractivity contribution in [3.63, 3.8) is 0 Å². The molecule has 1 saturated carbocycles. The van der Waals surface area contributed by atoms with Crippen molar-refractivity contribution in [2.24, 2.45) is 5.92 Å². The highest BCUT2D eigenvalue weighted by atomic mass is 16.4. The molecule has 4 nitrogen and oxygen atoms in total. The highest BCUT2D eigenvalue weighted by molar-refractivity contribution is 5.87. The van der Waals surface area contributed by atoms with Gasteiger partial charge in [-0.05, 0) is 56.2 Å². The average Bonchev–Trinajstić information content (AvgIpc) is 3.39. The molecule has 1 aliphatic heterocycles. The minimum Gasteiger partial charge on any atom is -0.478 e. The predicted molar refractivity (Wildman–Crippen MR) is 97.5 cm³/mol. The molecule has 1 aromatic carbocycles. The molecule has 0 bridgehead atoms. The summed E-state index contributed by atoms with van der Waals surface area (Å²) in [6, 6.07) is 7.07. The summed E-state index contributed by atoms with van der Waals surface area (Å²) in [5, 5.41) is 8.94. The zero-order valence-corrected chi connectivity index (χ0v) is 14.6. The second-order valence-electron chi connectivity index (χ2n) is 7.02. The van der Waals surface area contributed by atoms with Gasteiger partial charge in [-0.25, -0.2) is 4.79 Å². The van der Waals surface area contributed by atoms with Crippen LogP contribution in [-0.4, -0.2) is 34.5 Å². The molecule has 2 fully saturated rings. The molecule has 0 spiro atoms. The van der Waals surface area contributed by atoms with Crippen molar-refractivity contribution in [2.75, 3.05) is 6.54 Å². The van der Waals surface area contributed by atoms with Crippen molar-refractivity contribution in [3.8, 4) is 0 Å². The van der Waals surface area contributed by atoms with Gasteiger partial charge < -0.3 is 10.0 Å². The van der Waals surface area contributed by atoms with Gasteiger partial charge in [0, 0.05) is 13.0 Å². The number of carbonyl (C=O) groups is 2. The Labute approximate surface area is 148 Å².